The molecule has 3 aromatic heterocycles. The Kier molecular flexibility index (Phi) is 6.42. The molecule has 0 atom stereocenters. The van der Waals surface area contributed by atoms with Crippen LogP contribution in [0.15, 0.2) is 187 Å². The van der Waals surface area contributed by atoms with Gasteiger partial charge in [-0.3, -0.25) is 13.9 Å². The highest BCUT2D eigenvalue weighted by Crippen LogP contribution is 2.40. The van der Waals surface area contributed by atoms with Gasteiger partial charge in [-0.05, 0) is 80.2 Å². The van der Waals surface area contributed by atoms with E-state index < -0.39 is 0 Å². The van der Waals surface area contributed by atoms with E-state index in [1.807, 2.05) is 65.2 Å². The van der Waals surface area contributed by atoms with Crippen LogP contribution in [0.25, 0.3) is 110 Å². The first-order valence-electron chi connectivity index (χ1n) is 18.9. The van der Waals surface area contributed by atoms with E-state index in [1.54, 1.807) is 0 Å². The van der Waals surface area contributed by atoms with Gasteiger partial charge in [-0.25, -0.2) is 9.97 Å². The van der Waals surface area contributed by atoms with Gasteiger partial charge in [0.05, 0.1) is 27.8 Å². The highest BCUT2D eigenvalue weighted by Gasteiger charge is 2.23. The molecule has 12 rings (SSSR count). The SMILES string of the molecule is O=c1c2cc3ccccc3cc2c2ccc3c4ccccc4n(-c4nc(-c5ccc6c(ccc7ccccc76)c5)c5ccccc5n4)c3c2n1-c1ccccc1. The fraction of sp³-hybridized carbons (Fsp3) is 0. The van der Waals surface area contributed by atoms with E-state index in [1.165, 1.54) is 16.2 Å². The Hall–Kier alpha value is -7.63. The lowest BCUT2D eigenvalue weighted by Crippen LogP contribution is -2.20. The summed E-state index contributed by atoms with van der Waals surface area (Å²) in [6.45, 7) is 0. The topological polar surface area (TPSA) is 52.7 Å². The molecule has 5 nitrogen and oxygen atoms in total. The Balaban J connectivity index is 1.23. The van der Waals surface area contributed by atoms with Crippen LogP contribution in [-0.4, -0.2) is 19.1 Å². The van der Waals surface area contributed by atoms with Crippen LogP contribution in [0.1, 0.15) is 0 Å². The molecular formula is C51H30N4O. The molecule has 0 unspecified atom stereocenters. The summed E-state index contributed by atoms with van der Waals surface area (Å²) in [5, 5.41) is 12.6. The minimum atomic E-state index is -0.0717. The van der Waals surface area contributed by atoms with Crippen molar-refractivity contribution in [1.29, 1.82) is 0 Å². The number of rotatable bonds is 3. The summed E-state index contributed by atoms with van der Waals surface area (Å²) in [5.41, 5.74) is 6.09. The third kappa shape index (κ3) is 4.39. The molecule has 9 aromatic carbocycles. The Bertz CT molecular complexity index is 3680. The fourth-order valence-electron chi connectivity index (χ4n) is 8.92. The molecule has 56 heavy (non-hydrogen) atoms. The van der Waals surface area contributed by atoms with Gasteiger partial charge in [-0.2, -0.15) is 0 Å². The molecule has 0 amide bonds. The highest BCUT2D eigenvalue weighted by molar-refractivity contribution is 6.23. The van der Waals surface area contributed by atoms with Gasteiger partial charge >= 0.3 is 0 Å². The summed E-state index contributed by atoms with van der Waals surface area (Å²) in [7, 11) is 0. The summed E-state index contributed by atoms with van der Waals surface area (Å²) in [6, 6.07) is 62.9. The van der Waals surface area contributed by atoms with Gasteiger partial charge in [0.25, 0.3) is 5.56 Å². The molecular weight excluding hydrogens is 685 g/mol. The average Bonchev–Trinajstić information content (AvgIpc) is 3.60. The van der Waals surface area contributed by atoms with Crippen molar-refractivity contribution in [2.75, 3.05) is 0 Å². The van der Waals surface area contributed by atoms with Crippen LogP contribution in [0.3, 0.4) is 0 Å². The van der Waals surface area contributed by atoms with Crippen molar-refractivity contribution in [3.05, 3.63) is 192 Å². The number of fused-ring (bicyclic) bond motifs is 12. The summed E-state index contributed by atoms with van der Waals surface area (Å²) in [4.78, 5) is 25.8. The van der Waals surface area contributed by atoms with E-state index in [9.17, 15) is 0 Å². The van der Waals surface area contributed by atoms with Gasteiger partial charge in [0.1, 0.15) is 0 Å². The van der Waals surface area contributed by atoms with Crippen molar-refractivity contribution in [3.63, 3.8) is 0 Å². The van der Waals surface area contributed by atoms with Crippen LogP contribution in [0.2, 0.25) is 0 Å². The van der Waals surface area contributed by atoms with Crippen LogP contribution in [0, 0.1) is 0 Å². The van der Waals surface area contributed by atoms with Crippen molar-refractivity contribution in [2.24, 2.45) is 0 Å². The largest absolute Gasteiger partial charge is 0.276 e. The van der Waals surface area contributed by atoms with E-state index in [2.05, 4.69) is 126 Å². The maximum Gasteiger partial charge on any atom is 0.263 e. The first-order valence-corrected chi connectivity index (χ1v) is 18.9. The standard InChI is InChI=1S/C51H30N4O/c56-50-44-30-33-14-5-4-13-32(33)29-43(44)41-27-26-40-39-18-9-11-21-46(39)55(49(40)48(41)54(50)36-15-2-1-3-16-36)51-52-45-20-10-8-19-42(45)47(53-51)35-24-25-38-34(28-35)23-22-31-12-6-7-17-37(31)38/h1-30H. The first kappa shape index (κ1) is 30.8. The third-order valence-corrected chi connectivity index (χ3v) is 11.5. The number of pyridine rings is 1. The molecule has 5 heteroatoms. The van der Waals surface area contributed by atoms with Crippen molar-refractivity contribution in [3.8, 4) is 22.9 Å². The number of hydrogen-bond acceptors (Lipinski definition) is 3. The number of hydrogen-bond donors (Lipinski definition) is 0. The molecule has 0 aliphatic heterocycles. The maximum atomic E-state index is 15.0. The summed E-state index contributed by atoms with van der Waals surface area (Å²) in [6.07, 6.45) is 0. The normalized spacial score (nSPS) is 12.0. The molecule has 12 aromatic rings. The van der Waals surface area contributed by atoms with E-state index in [0.717, 1.165) is 82.1 Å². The van der Waals surface area contributed by atoms with Crippen LogP contribution < -0.4 is 5.56 Å². The van der Waals surface area contributed by atoms with Crippen molar-refractivity contribution in [2.45, 2.75) is 0 Å². The number of para-hydroxylation sites is 3. The number of benzene rings is 9. The van der Waals surface area contributed by atoms with Crippen LogP contribution in [0.5, 0.6) is 0 Å². The Morgan fingerprint density at radius 2 is 0.964 bits per heavy atom. The molecule has 0 N–H and O–H groups in total. The van der Waals surface area contributed by atoms with E-state index in [4.69, 9.17) is 9.97 Å². The van der Waals surface area contributed by atoms with Crippen LogP contribution in [0.4, 0.5) is 0 Å². The molecule has 0 bridgehead atoms. The lowest BCUT2D eigenvalue weighted by Gasteiger charge is -2.17. The zero-order valence-corrected chi connectivity index (χ0v) is 30.0. The Morgan fingerprint density at radius 3 is 1.79 bits per heavy atom. The Morgan fingerprint density at radius 1 is 0.375 bits per heavy atom. The van der Waals surface area contributed by atoms with Gasteiger partial charge in [0.15, 0.2) is 0 Å². The zero-order valence-electron chi connectivity index (χ0n) is 30.0. The first-order chi connectivity index (χ1) is 27.7. The minimum absolute atomic E-state index is 0.0717. The molecule has 0 fully saturated rings. The van der Waals surface area contributed by atoms with E-state index >= 15 is 4.79 Å². The average molecular weight is 715 g/mol. The summed E-state index contributed by atoms with van der Waals surface area (Å²) >= 11 is 0. The predicted octanol–water partition coefficient (Wildman–Crippen LogP) is 12.3. The zero-order chi connectivity index (χ0) is 36.9. The van der Waals surface area contributed by atoms with Gasteiger partial charge < -0.3 is 0 Å². The van der Waals surface area contributed by atoms with Crippen molar-refractivity contribution < 1.29 is 0 Å². The van der Waals surface area contributed by atoms with Gasteiger partial charge in [-0.1, -0.05) is 140 Å². The monoisotopic (exact) mass is 714 g/mol. The molecule has 260 valence electrons. The Labute approximate surface area is 320 Å². The summed E-state index contributed by atoms with van der Waals surface area (Å²) < 4.78 is 4.06. The van der Waals surface area contributed by atoms with Gasteiger partial charge in [-0.15, -0.1) is 0 Å². The lowest BCUT2D eigenvalue weighted by molar-refractivity contribution is 1.00. The second-order valence-electron chi connectivity index (χ2n) is 14.5. The number of nitrogens with zero attached hydrogens (tertiary/aromatic N) is 4. The second-order valence-corrected chi connectivity index (χ2v) is 14.5. The van der Waals surface area contributed by atoms with Crippen LogP contribution >= 0.6 is 0 Å². The second kappa shape index (κ2) is 11.7. The molecule has 0 saturated heterocycles. The lowest BCUT2D eigenvalue weighted by atomic mass is 9.98. The third-order valence-electron chi connectivity index (χ3n) is 11.5. The predicted molar refractivity (Wildman–Crippen MR) is 232 cm³/mol. The number of aromatic nitrogens is 4. The quantitative estimate of drug-likeness (QED) is 0.135. The van der Waals surface area contributed by atoms with Gasteiger partial charge in [0, 0.05) is 38.2 Å². The van der Waals surface area contributed by atoms with Gasteiger partial charge in [0.2, 0.25) is 5.95 Å². The molecule has 0 aliphatic carbocycles. The smallest absolute Gasteiger partial charge is 0.263 e. The fourth-order valence-corrected chi connectivity index (χ4v) is 8.92. The maximum absolute atomic E-state index is 15.0. The minimum Gasteiger partial charge on any atom is -0.276 e. The molecule has 0 aliphatic rings. The molecule has 0 spiro atoms. The van der Waals surface area contributed by atoms with E-state index in [-0.39, 0.29) is 5.56 Å². The van der Waals surface area contributed by atoms with Crippen LogP contribution in [-0.2, 0) is 0 Å². The molecule has 3 heterocycles. The van der Waals surface area contributed by atoms with E-state index in [0.29, 0.717) is 11.3 Å². The summed E-state index contributed by atoms with van der Waals surface area (Å²) in [5.74, 6) is 0.543. The highest BCUT2D eigenvalue weighted by atomic mass is 16.1. The molecule has 0 saturated carbocycles. The van der Waals surface area contributed by atoms with Crippen molar-refractivity contribution >= 4 is 86.7 Å². The molecule has 0 radical (unpaired) electrons. The van der Waals surface area contributed by atoms with Crippen molar-refractivity contribution in [1.82, 2.24) is 19.1 Å².